The van der Waals surface area contributed by atoms with E-state index in [0.29, 0.717) is 18.4 Å². The number of carbonyl (C=O) groups is 1. The Hall–Kier alpha value is -1.99. The summed E-state index contributed by atoms with van der Waals surface area (Å²) in [5.74, 6) is 0.382. The molecule has 0 radical (unpaired) electrons. The molecule has 3 N–H and O–H groups in total. The molecule has 1 aliphatic heterocycles. The number of hydrogen-bond acceptors (Lipinski definition) is 5. The van der Waals surface area contributed by atoms with E-state index in [9.17, 15) is 4.79 Å². The summed E-state index contributed by atoms with van der Waals surface area (Å²) < 4.78 is 1.89. The largest absolute Gasteiger partial charge is 0.369 e. The minimum atomic E-state index is -0.296. The summed E-state index contributed by atoms with van der Waals surface area (Å²) in [5, 5.41) is 3.34. The van der Waals surface area contributed by atoms with Crippen LogP contribution in [0.2, 0.25) is 0 Å². The van der Waals surface area contributed by atoms with Crippen molar-refractivity contribution in [2.45, 2.75) is 25.4 Å². The molecule has 3 heterocycles. The normalized spacial score (nSPS) is 16.6. The van der Waals surface area contributed by atoms with E-state index >= 15 is 0 Å². The van der Waals surface area contributed by atoms with Gasteiger partial charge < -0.3 is 11.1 Å². The highest BCUT2D eigenvalue weighted by Gasteiger charge is 2.23. The second kappa shape index (κ2) is 6.19. The predicted molar refractivity (Wildman–Crippen MR) is 78.5 cm³/mol. The van der Waals surface area contributed by atoms with Gasteiger partial charge in [-0.1, -0.05) is 0 Å². The first-order valence-electron chi connectivity index (χ1n) is 7.24. The topological polar surface area (TPSA) is 88.6 Å². The molecule has 0 aromatic carbocycles. The van der Waals surface area contributed by atoms with Crippen LogP contribution in [0.5, 0.6) is 0 Å². The van der Waals surface area contributed by atoms with Gasteiger partial charge in [0.25, 0.3) is 0 Å². The van der Waals surface area contributed by atoms with Crippen LogP contribution in [0.1, 0.15) is 18.5 Å². The highest BCUT2D eigenvalue weighted by molar-refractivity contribution is 5.75. The van der Waals surface area contributed by atoms with Crippen LogP contribution in [0.15, 0.2) is 24.7 Å². The van der Waals surface area contributed by atoms with Gasteiger partial charge in [-0.25, -0.2) is 9.97 Å². The van der Waals surface area contributed by atoms with Gasteiger partial charge in [-0.15, -0.1) is 0 Å². The standard InChI is InChI=1S/C14H20N6O/c15-13(21)10-20(12-2-5-16-6-3-12)9-11-8-19-7-1-4-17-14(19)18-11/h1,4,7-8,12,16H,2-3,5-6,9-10H2,(H2,15,21). The molecule has 7 nitrogen and oxygen atoms in total. The van der Waals surface area contributed by atoms with Gasteiger partial charge in [-0.05, 0) is 32.0 Å². The van der Waals surface area contributed by atoms with Gasteiger partial charge in [0, 0.05) is 31.2 Å². The average molecular weight is 288 g/mol. The van der Waals surface area contributed by atoms with Crippen molar-refractivity contribution in [3.8, 4) is 0 Å². The van der Waals surface area contributed by atoms with Gasteiger partial charge in [0.05, 0.1) is 12.2 Å². The first-order chi connectivity index (χ1) is 10.2. The maximum atomic E-state index is 11.3. The van der Waals surface area contributed by atoms with Crippen molar-refractivity contribution in [2.24, 2.45) is 5.73 Å². The molecule has 3 rings (SSSR count). The summed E-state index contributed by atoms with van der Waals surface area (Å²) in [5.41, 5.74) is 6.31. The number of nitrogens with two attached hydrogens (primary N) is 1. The lowest BCUT2D eigenvalue weighted by Crippen LogP contribution is -2.46. The van der Waals surface area contributed by atoms with E-state index in [1.807, 2.05) is 22.9 Å². The fourth-order valence-corrected chi connectivity index (χ4v) is 2.85. The lowest BCUT2D eigenvalue weighted by molar-refractivity contribution is -0.120. The molecule has 1 aliphatic rings. The molecule has 7 heteroatoms. The number of hydrogen-bond donors (Lipinski definition) is 2. The summed E-state index contributed by atoms with van der Waals surface area (Å²) in [4.78, 5) is 22.2. The molecule has 112 valence electrons. The van der Waals surface area contributed by atoms with Crippen LogP contribution < -0.4 is 11.1 Å². The predicted octanol–water partition coefficient (Wildman–Crippen LogP) is -0.231. The van der Waals surface area contributed by atoms with Crippen molar-refractivity contribution in [3.05, 3.63) is 30.4 Å². The highest BCUT2D eigenvalue weighted by Crippen LogP contribution is 2.15. The lowest BCUT2D eigenvalue weighted by Gasteiger charge is -2.33. The molecular weight excluding hydrogens is 268 g/mol. The third-order valence-electron chi connectivity index (χ3n) is 3.83. The van der Waals surface area contributed by atoms with Crippen molar-refractivity contribution in [1.29, 1.82) is 0 Å². The Bertz CT molecular complexity index is 586. The first kappa shape index (κ1) is 14.0. The average Bonchev–Trinajstić information content (AvgIpc) is 2.89. The van der Waals surface area contributed by atoms with Crippen LogP contribution in [0.3, 0.4) is 0 Å². The molecule has 0 atom stereocenters. The first-order valence-corrected chi connectivity index (χ1v) is 7.24. The van der Waals surface area contributed by atoms with Crippen molar-refractivity contribution in [3.63, 3.8) is 0 Å². The maximum Gasteiger partial charge on any atom is 0.233 e. The van der Waals surface area contributed by atoms with Crippen molar-refractivity contribution < 1.29 is 4.79 Å². The lowest BCUT2D eigenvalue weighted by atomic mass is 10.0. The van der Waals surface area contributed by atoms with Gasteiger partial charge >= 0.3 is 0 Å². The second-order valence-electron chi connectivity index (χ2n) is 5.41. The van der Waals surface area contributed by atoms with Gasteiger partial charge in [0.15, 0.2) is 0 Å². The summed E-state index contributed by atoms with van der Waals surface area (Å²) >= 11 is 0. The zero-order chi connectivity index (χ0) is 14.7. The molecule has 0 bridgehead atoms. The maximum absolute atomic E-state index is 11.3. The summed E-state index contributed by atoms with van der Waals surface area (Å²) in [6.07, 6.45) is 7.65. The molecule has 21 heavy (non-hydrogen) atoms. The molecule has 0 unspecified atom stereocenters. The van der Waals surface area contributed by atoms with Crippen molar-refractivity contribution in [2.75, 3.05) is 19.6 Å². The third-order valence-corrected chi connectivity index (χ3v) is 3.83. The van der Waals surface area contributed by atoms with Gasteiger partial charge in [0.2, 0.25) is 11.7 Å². The van der Waals surface area contributed by atoms with Crippen LogP contribution in [-0.2, 0) is 11.3 Å². The number of fused-ring (bicyclic) bond motifs is 1. The summed E-state index contributed by atoms with van der Waals surface area (Å²) in [6.45, 7) is 2.85. The van der Waals surface area contributed by atoms with E-state index in [1.54, 1.807) is 6.20 Å². The summed E-state index contributed by atoms with van der Waals surface area (Å²) in [6, 6.07) is 2.24. The smallest absolute Gasteiger partial charge is 0.233 e. The van der Waals surface area contributed by atoms with E-state index in [2.05, 4.69) is 20.2 Å². The van der Waals surface area contributed by atoms with Gasteiger partial charge in [-0.3, -0.25) is 14.1 Å². The van der Waals surface area contributed by atoms with E-state index in [4.69, 9.17) is 5.73 Å². The van der Waals surface area contributed by atoms with Crippen LogP contribution in [0, 0.1) is 0 Å². The molecule has 0 spiro atoms. The molecule has 2 aromatic rings. The van der Waals surface area contributed by atoms with Crippen LogP contribution in [-0.4, -0.2) is 50.9 Å². The molecular formula is C14H20N6O. The Balaban J connectivity index is 1.77. The zero-order valence-electron chi connectivity index (χ0n) is 11.9. The Labute approximate surface area is 123 Å². The highest BCUT2D eigenvalue weighted by atomic mass is 16.1. The number of imidazole rings is 1. The number of rotatable bonds is 5. The van der Waals surface area contributed by atoms with Gasteiger partial charge in [0.1, 0.15) is 0 Å². The molecule has 1 saturated heterocycles. The van der Waals surface area contributed by atoms with Crippen LogP contribution in [0.25, 0.3) is 5.78 Å². The number of primary amides is 1. The Morgan fingerprint density at radius 3 is 3.00 bits per heavy atom. The Morgan fingerprint density at radius 2 is 2.29 bits per heavy atom. The molecule has 0 saturated carbocycles. The van der Waals surface area contributed by atoms with E-state index in [-0.39, 0.29) is 12.5 Å². The van der Waals surface area contributed by atoms with Crippen molar-refractivity contribution >= 4 is 11.7 Å². The number of nitrogens with one attached hydrogen (secondary N) is 1. The van der Waals surface area contributed by atoms with Crippen LogP contribution >= 0.6 is 0 Å². The fourth-order valence-electron chi connectivity index (χ4n) is 2.85. The molecule has 2 aromatic heterocycles. The van der Waals surface area contributed by atoms with E-state index in [1.165, 1.54) is 0 Å². The minimum absolute atomic E-state index is 0.270. The van der Waals surface area contributed by atoms with E-state index in [0.717, 1.165) is 31.6 Å². The fraction of sp³-hybridized carbons (Fsp3) is 0.500. The molecule has 1 fully saturated rings. The SMILES string of the molecule is NC(=O)CN(Cc1cn2cccnc2n1)C1CCNCC1. The summed E-state index contributed by atoms with van der Waals surface area (Å²) in [7, 11) is 0. The van der Waals surface area contributed by atoms with Crippen LogP contribution in [0.4, 0.5) is 0 Å². The molecule has 0 aliphatic carbocycles. The second-order valence-corrected chi connectivity index (χ2v) is 5.41. The number of aromatic nitrogens is 3. The quantitative estimate of drug-likeness (QED) is 0.793. The monoisotopic (exact) mass is 288 g/mol. The number of carbonyl (C=O) groups excluding carboxylic acids is 1. The number of nitrogens with zero attached hydrogens (tertiary/aromatic N) is 4. The molecule has 1 amide bonds. The van der Waals surface area contributed by atoms with Crippen molar-refractivity contribution in [1.82, 2.24) is 24.6 Å². The third kappa shape index (κ3) is 3.37. The number of piperidine rings is 1. The zero-order valence-corrected chi connectivity index (χ0v) is 11.9. The Kier molecular flexibility index (Phi) is 4.12. The van der Waals surface area contributed by atoms with Gasteiger partial charge in [-0.2, -0.15) is 0 Å². The Morgan fingerprint density at radius 1 is 1.48 bits per heavy atom. The van der Waals surface area contributed by atoms with E-state index < -0.39 is 0 Å². The number of amides is 1. The minimum Gasteiger partial charge on any atom is -0.369 e.